The third-order valence-electron chi connectivity index (χ3n) is 3.32. The van der Waals surface area contributed by atoms with E-state index in [2.05, 4.69) is 16.8 Å². The molecular formula is C11H21N3OS. The smallest absolute Gasteiger partial charge is 0.236 e. The summed E-state index contributed by atoms with van der Waals surface area (Å²) in [6.45, 7) is 6.74. The van der Waals surface area contributed by atoms with Crippen LogP contribution in [-0.2, 0) is 4.79 Å². The van der Waals surface area contributed by atoms with Gasteiger partial charge in [0, 0.05) is 50.8 Å². The van der Waals surface area contributed by atoms with E-state index in [1.807, 2.05) is 16.7 Å². The molecule has 2 aliphatic rings. The predicted octanol–water partition coefficient (Wildman–Crippen LogP) is -0.191. The highest BCUT2D eigenvalue weighted by molar-refractivity contribution is 7.99. The quantitative estimate of drug-likeness (QED) is 0.672. The van der Waals surface area contributed by atoms with Gasteiger partial charge in [-0.3, -0.25) is 9.69 Å². The molecule has 0 spiro atoms. The number of hydrogen-bond acceptors (Lipinski definition) is 4. The molecule has 0 aromatic carbocycles. The molecule has 0 bridgehead atoms. The van der Waals surface area contributed by atoms with Crippen molar-refractivity contribution >= 4 is 17.7 Å². The second-order valence-electron chi connectivity index (χ2n) is 4.57. The number of nitrogens with zero attached hydrogens (tertiary/aromatic N) is 3. The molecule has 0 unspecified atom stereocenters. The molecule has 1 amide bonds. The van der Waals surface area contributed by atoms with Gasteiger partial charge in [0.1, 0.15) is 0 Å². The fourth-order valence-corrected chi connectivity index (χ4v) is 3.01. The van der Waals surface area contributed by atoms with Gasteiger partial charge in [-0.2, -0.15) is 11.8 Å². The molecule has 0 N–H and O–H groups in total. The largest absolute Gasteiger partial charge is 0.340 e. The van der Waals surface area contributed by atoms with Crippen molar-refractivity contribution in [3.05, 3.63) is 0 Å². The van der Waals surface area contributed by atoms with Gasteiger partial charge < -0.3 is 9.80 Å². The van der Waals surface area contributed by atoms with Crippen LogP contribution in [0.4, 0.5) is 0 Å². The Bertz CT molecular complexity index is 235. The fraction of sp³-hybridized carbons (Fsp3) is 0.909. The lowest BCUT2D eigenvalue weighted by Crippen LogP contribution is -2.50. The summed E-state index contributed by atoms with van der Waals surface area (Å²) >= 11 is 1.95. The average molecular weight is 243 g/mol. The molecule has 92 valence electrons. The average Bonchev–Trinajstić information content (AvgIpc) is 2.33. The van der Waals surface area contributed by atoms with Crippen LogP contribution < -0.4 is 0 Å². The molecule has 2 rings (SSSR count). The number of carbonyl (C=O) groups excluding carboxylic acids is 1. The normalized spacial score (nSPS) is 24.7. The van der Waals surface area contributed by atoms with Crippen LogP contribution in [-0.4, -0.2) is 85.0 Å². The Morgan fingerprint density at radius 2 is 1.69 bits per heavy atom. The summed E-state index contributed by atoms with van der Waals surface area (Å²) in [5, 5.41) is 0. The van der Waals surface area contributed by atoms with Crippen LogP contribution in [0.5, 0.6) is 0 Å². The summed E-state index contributed by atoms with van der Waals surface area (Å²) in [7, 11) is 2.14. The second kappa shape index (κ2) is 5.89. The van der Waals surface area contributed by atoms with Gasteiger partial charge in [0.25, 0.3) is 0 Å². The maximum absolute atomic E-state index is 12.0. The first-order valence-electron chi connectivity index (χ1n) is 6.02. The highest BCUT2D eigenvalue weighted by Crippen LogP contribution is 2.10. The molecule has 0 aliphatic carbocycles. The minimum atomic E-state index is 0.324. The summed E-state index contributed by atoms with van der Waals surface area (Å²) in [4.78, 5) is 18.6. The van der Waals surface area contributed by atoms with Crippen molar-refractivity contribution in [2.24, 2.45) is 0 Å². The van der Waals surface area contributed by atoms with Crippen LogP contribution in [0.25, 0.3) is 0 Å². The van der Waals surface area contributed by atoms with Crippen molar-refractivity contribution in [1.82, 2.24) is 14.7 Å². The molecule has 0 radical (unpaired) electrons. The maximum atomic E-state index is 12.0. The highest BCUT2D eigenvalue weighted by atomic mass is 32.2. The molecule has 16 heavy (non-hydrogen) atoms. The van der Waals surface area contributed by atoms with E-state index >= 15 is 0 Å². The molecule has 5 heteroatoms. The summed E-state index contributed by atoms with van der Waals surface area (Å²) in [6, 6.07) is 0. The van der Waals surface area contributed by atoms with Crippen LogP contribution in [0.1, 0.15) is 0 Å². The van der Waals surface area contributed by atoms with E-state index in [4.69, 9.17) is 0 Å². The van der Waals surface area contributed by atoms with Gasteiger partial charge in [-0.15, -0.1) is 0 Å². The van der Waals surface area contributed by atoms with Crippen LogP contribution in [0.2, 0.25) is 0 Å². The topological polar surface area (TPSA) is 26.8 Å². The van der Waals surface area contributed by atoms with E-state index < -0.39 is 0 Å². The van der Waals surface area contributed by atoms with Crippen molar-refractivity contribution in [1.29, 1.82) is 0 Å². The molecule has 0 atom stereocenters. The first-order valence-corrected chi connectivity index (χ1v) is 7.17. The van der Waals surface area contributed by atoms with Gasteiger partial charge in [-0.05, 0) is 7.05 Å². The molecule has 0 aromatic heterocycles. The van der Waals surface area contributed by atoms with Gasteiger partial charge in [0.2, 0.25) is 5.91 Å². The molecular weight excluding hydrogens is 222 g/mol. The van der Waals surface area contributed by atoms with Crippen molar-refractivity contribution in [2.75, 3.05) is 64.4 Å². The van der Waals surface area contributed by atoms with E-state index in [-0.39, 0.29) is 0 Å². The lowest BCUT2D eigenvalue weighted by Gasteiger charge is -2.34. The second-order valence-corrected chi connectivity index (χ2v) is 5.80. The van der Waals surface area contributed by atoms with Gasteiger partial charge in [-0.25, -0.2) is 0 Å². The van der Waals surface area contributed by atoms with Crippen LogP contribution in [0.15, 0.2) is 0 Å². The third kappa shape index (κ3) is 3.37. The zero-order chi connectivity index (χ0) is 11.4. The number of amides is 1. The third-order valence-corrected chi connectivity index (χ3v) is 4.26. The number of hydrogen-bond donors (Lipinski definition) is 0. The predicted molar refractivity (Wildman–Crippen MR) is 67.8 cm³/mol. The summed E-state index contributed by atoms with van der Waals surface area (Å²) in [5.74, 6) is 2.54. The van der Waals surface area contributed by atoms with Crippen LogP contribution in [0.3, 0.4) is 0 Å². The van der Waals surface area contributed by atoms with Gasteiger partial charge in [0.05, 0.1) is 6.54 Å². The zero-order valence-electron chi connectivity index (χ0n) is 10.0. The molecule has 4 nitrogen and oxygen atoms in total. The summed E-state index contributed by atoms with van der Waals surface area (Å²) in [5.41, 5.74) is 0. The summed E-state index contributed by atoms with van der Waals surface area (Å²) < 4.78 is 0. The standard InChI is InChI=1S/C11H21N3OS/c1-12-2-4-13(5-3-12)10-11(15)14-6-8-16-9-7-14/h2-10H2,1H3. The van der Waals surface area contributed by atoms with Gasteiger partial charge in [-0.1, -0.05) is 0 Å². The van der Waals surface area contributed by atoms with Crippen molar-refractivity contribution in [2.45, 2.75) is 0 Å². The van der Waals surface area contributed by atoms with Crippen molar-refractivity contribution in [3.63, 3.8) is 0 Å². The van der Waals surface area contributed by atoms with E-state index in [0.29, 0.717) is 12.5 Å². The van der Waals surface area contributed by atoms with E-state index in [1.54, 1.807) is 0 Å². The van der Waals surface area contributed by atoms with Crippen molar-refractivity contribution in [3.8, 4) is 0 Å². The highest BCUT2D eigenvalue weighted by Gasteiger charge is 2.21. The van der Waals surface area contributed by atoms with Crippen molar-refractivity contribution < 1.29 is 4.79 Å². The first kappa shape index (κ1) is 12.2. The molecule has 2 aliphatic heterocycles. The molecule has 0 aromatic rings. The van der Waals surface area contributed by atoms with E-state index in [9.17, 15) is 4.79 Å². The lowest BCUT2D eigenvalue weighted by molar-refractivity contribution is -0.132. The Kier molecular flexibility index (Phi) is 4.49. The Morgan fingerprint density at radius 3 is 2.31 bits per heavy atom. The minimum Gasteiger partial charge on any atom is -0.340 e. The number of carbonyl (C=O) groups is 1. The Balaban J connectivity index is 1.73. The Labute approximate surface area is 102 Å². The fourth-order valence-electron chi connectivity index (χ4n) is 2.11. The number of thioether (sulfide) groups is 1. The van der Waals surface area contributed by atoms with Crippen LogP contribution >= 0.6 is 11.8 Å². The molecule has 2 saturated heterocycles. The Hall–Kier alpha value is -0.260. The molecule has 0 saturated carbocycles. The van der Waals surface area contributed by atoms with E-state index in [1.165, 1.54) is 0 Å². The zero-order valence-corrected chi connectivity index (χ0v) is 10.8. The number of rotatable bonds is 2. The SMILES string of the molecule is CN1CCN(CC(=O)N2CCSCC2)CC1. The monoisotopic (exact) mass is 243 g/mol. The summed E-state index contributed by atoms with van der Waals surface area (Å²) in [6.07, 6.45) is 0. The maximum Gasteiger partial charge on any atom is 0.236 e. The molecule has 2 fully saturated rings. The number of likely N-dealkylation sites (N-methyl/N-ethyl adjacent to an activating group) is 1. The minimum absolute atomic E-state index is 0.324. The number of piperazine rings is 1. The van der Waals surface area contributed by atoms with E-state index in [0.717, 1.165) is 50.8 Å². The first-order chi connectivity index (χ1) is 7.75. The van der Waals surface area contributed by atoms with Gasteiger partial charge in [0.15, 0.2) is 0 Å². The molecule has 2 heterocycles. The van der Waals surface area contributed by atoms with Gasteiger partial charge >= 0.3 is 0 Å². The Morgan fingerprint density at radius 1 is 1.06 bits per heavy atom. The van der Waals surface area contributed by atoms with Crippen LogP contribution in [0, 0.1) is 0 Å². The lowest BCUT2D eigenvalue weighted by atomic mass is 10.3.